The van der Waals surface area contributed by atoms with Gasteiger partial charge >= 0.3 is 0 Å². The van der Waals surface area contributed by atoms with E-state index in [1.807, 2.05) is 0 Å². The first-order valence-corrected chi connectivity index (χ1v) is 5.22. The van der Waals surface area contributed by atoms with Crippen LogP contribution in [0.1, 0.15) is 18.4 Å². The molecule has 0 bridgehead atoms. The van der Waals surface area contributed by atoms with Gasteiger partial charge in [-0.3, -0.25) is 0 Å². The van der Waals surface area contributed by atoms with Crippen LogP contribution in [0.5, 0.6) is 5.75 Å². The van der Waals surface area contributed by atoms with E-state index in [2.05, 4.69) is 0 Å². The minimum atomic E-state index is -0.196. The minimum Gasteiger partial charge on any atom is -0.494 e. The lowest BCUT2D eigenvalue weighted by molar-refractivity contribution is 0.309. The van der Waals surface area contributed by atoms with Crippen LogP contribution in [0.4, 0.5) is 4.39 Å². The van der Waals surface area contributed by atoms with E-state index in [1.54, 1.807) is 19.1 Å². The smallest absolute Gasteiger partial charge is 0.126 e. The molecule has 1 nitrogen and oxygen atoms in total. The quantitative estimate of drug-likeness (QED) is 0.541. The Kier molecular flexibility index (Phi) is 4.74. The maximum absolute atomic E-state index is 12.9. The first-order valence-electron chi connectivity index (χ1n) is 4.69. The summed E-state index contributed by atoms with van der Waals surface area (Å²) < 4.78 is 18.3. The molecule has 0 aliphatic carbocycles. The Bertz CT molecular complexity index is 289. The third kappa shape index (κ3) is 3.54. The summed E-state index contributed by atoms with van der Waals surface area (Å²) in [5.41, 5.74) is 0.611. The molecule has 1 aromatic rings. The summed E-state index contributed by atoms with van der Waals surface area (Å²) in [7, 11) is 0. The van der Waals surface area contributed by atoms with E-state index in [0.29, 0.717) is 18.1 Å². The molecule has 0 fully saturated rings. The molecule has 0 aliphatic heterocycles. The SMILES string of the molecule is Cc1cc(OCCCCCl)ccc1F. The van der Waals surface area contributed by atoms with Gasteiger partial charge in [0.1, 0.15) is 11.6 Å². The molecule has 0 saturated carbocycles. The first kappa shape index (κ1) is 11.3. The van der Waals surface area contributed by atoms with Crippen LogP contribution in [0.25, 0.3) is 0 Å². The second-order valence-electron chi connectivity index (χ2n) is 3.16. The van der Waals surface area contributed by atoms with Crippen molar-refractivity contribution in [1.82, 2.24) is 0 Å². The van der Waals surface area contributed by atoms with Gasteiger partial charge in [0.15, 0.2) is 0 Å². The minimum absolute atomic E-state index is 0.196. The summed E-state index contributed by atoms with van der Waals surface area (Å²) in [6.45, 7) is 2.36. The van der Waals surface area contributed by atoms with Crippen LogP contribution in [-0.2, 0) is 0 Å². The molecule has 0 aromatic heterocycles. The molecule has 14 heavy (non-hydrogen) atoms. The van der Waals surface area contributed by atoms with Crippen LogP contribution in [0, 0.1) is 12.7 Å². The van der Waals surface area contributed by atoms with E-state index < -0.39 is 0 Å². The van der Waals surface area contributed by atoms with Gasteiger partial charge < -0.3 is 4.74 Å². The summed E-state index contributed by atoms with van der Waals surface area (Å²) in [5.74, 6) is 1.18. The van der Waals surface area contributed by atoms with E-state index >= 15 is 0 Å². The molecule has 1 rings (SSSR count). The van der Waals surface area contributed by atoms with Gasteiger partial charge in [0, 0.05) is 5.88 Å². The summed E-state index contributed by atoms with van der Waals surface area (Å²) >= 11 is 5.52. The molecule has 0 saturated heterocycles. The highest BCUT2D eigenvalue weighted by atomic mass is 35.5. The van der Waals surface area contributed by atoms with Gasteiger partial charge in [0.05, 0.1) is 6.61 Å². The van der Waals surface area contributed by atoms with Crippen LogP contribution < -0.4 is 4.74 Å². The van der Waals surface area contributed by atoms with Crippen LogP contribution in [0.3, 0.4) is 0 Å². The Labute approximate surface area is 88.8 Å². The number of rotatable bonds is 5. The van der Waals surface area contributed by atoms with Crippen molar-refractivity contribution >= 4 is 11.6 Å². The van der Waals surface area contributed by atoms with Crippen LogP contribution >= 0.6 is 11.6 Å². The summed E-state index contributed by atoms with van der Waals surface area (Å²) in [6, 6.07) is 4.77. The Morgan fingerprint density at radius 3 is 2.79 bits per heavy atom. The molecular formula is C11H14ClFO. The Hall–Kier alpha value is -0.760. The highest BCUT2D eigenvalue weighted by Crippen LogP contribution is 2.16. The molecule has 0 amide bonds. The zero-order valence-corrected chi connectivity index (χ0v) is 8.98. The monoisotopic (exact) mass is 216 g/mol. The van der Waals surface area contributed by atoms with Crippen molar-refractivity contribution < 1.29 is 9.13 Å². The summed E-state index contributed by atoms with van der Waals surface area (Å²) in [4.78, 5) is 0. The number of hydrogen-bond acceptors (Lipinski definition) is 1. The van der Waals surface area contributed by atoms with Crippen LogP contribution in [0.15, 0.2) is 18.2 Å². The van der Waals surface area contributed by atoms with E-state index in [0.717, 1.165) is 18.6 Å². The zero-order valence-electron chi connectivity index (χ0n) is 8.22. The van der Waals surface area contributed by atoms with Gasteiger partial charge in [-0.05, 0) is 43.5 Å². The predicted octanol–water partition coefficient (Wildman–Crippen LogP) is 3.53. The van der Waals surface area contributed by atoms with Gasteiger partial charge in [-0.25, -0.2) is 4.39 Å². The van der Waals surface area contributed by atoms with Gasteiger partial charge in [0.25, 0.3) is 0 Å². The zero-order chi connectivity index (χ0) is 10.4. The number of hydrogen-bond donors (Lipinski definition) is 0. The first-order chi connectivity index (χ1) is 6.74. The summed E-state index contributed by atoms with van der Waals surface area (Å²) in [6.07, 6.45) is 1.88. The van der Waals surface area contributed by atoms with Crippen molar-refractivity contribution in [2.45, 2.75) is 19.8 Å². The van der Waals surface area contributed by atoms with E-state index in [9.17, 15) is 4.39 Å². The number of aryl methyl sites for hydroxylation is 1. The number of alkyl halides is 1. The lowest BCUT2D eigenvalue weighted by Crippen LogP contribution is -1.98. The maximum Gasteiger partial charge on any atom is 0.126 e. The van der Waals surface area contributed by atoms with Gasteiger partial charge in [-0.15, -0.1) is 11.6 Å². The van der Waals surface area contributed by atoms with Crippen molar-refractivity contribution in [3.63, 3.8) is 0 Å². The van der Waals surface area contributed by atoms with Gasteiger partial charge in [0.2, 0.25) is 0 Å². The largest absolute Gasteiger partial charge is 0.494 e. The fraction of sp³-hybridized carbons (Fsp3) is 0.455. The number of benzene rings is 1. The average molecular weight is 217 g/mol. The maximum atomic E-state index is 12.9. The third-order valence-electron chi connectivity index (χ3n) is 1.93. The molecule has 1 aromatic carbocycles. The highest BCUT2D eigenvalue weighted by Gasteiger charge is 1.99. The lowest BCUT2D eigenvalue weighted by Gasteiger charge is -2.06. The van der Waals surface area contributed by atoms with Gasteiger partial charge in [-0.2, -0.15) is 0 Å². The van der Waals surface area contributed by atoms with Gasteiger partial charge in [-0.1, -0.05) is 0 Å². The molecule has 0 N–H and O–H groups in total. The molecule has 0 spiro atoms. The fourth-order valence-corrected chi connectivity index (χ4v) is 1.28. The molecular weight excluding hydrogens is 203 g/mol. The average Bonchev–Trinajstić information content (AvgIpc) is 2.18. The summed E-state index contributed by atoms with van der Waals surface area (Å²) in [5, 5.41) is 0. The topological polar surface area (TPSA) is 9.23 Å². The van der Waals surface area contributed by atoms with Crippen molar-refractivity contribution in [3.05, 3.63) is 29.6 Å². The molecule has 3 heteroatoms. The number of halogens is 2. The molecule has 0 heterocycles. The van der Waals surface area contributed by atoms with Crippen molar-refractivity contribution in [3.8, 4) is 5.75 Å². The van der Waals surface area contributed by atoms with Crippen LogP contribution in [-0.4, -0.2) is 12.5 Å². The molecule has 0 radical (unpaired) electrons. The third-order valence-corrected chi connectivity index (χ3v) is 2.19. The van der Waals surface area contributed by atoms with E-state index in [4.69, 9.17) is 16.3 Å². The van der Waals surface area contributed by atoms with Crippen molar-refractivity contribution in [2.75, 3.05) is 12.5 Å². The van der Waals surface area contributed by atoms with E-state index in [1.165, 1.54) is 6.07 Å². The predicted molar refractivity (Wildman–Crippen MR) is 56.6 cm³/mol. The molecule has 78 valence electrons. The molecule has 0 aliphatic rings. The second kappa shape index (κ2) is 5.86. The van der Waals surface area contributed by atoms with Crippen LogP contribution in [0.2, 0.25) is 0 Å². The van der Waals surface area contributed by atoms with Crippen molar-refractivity contribution in [1.29, 1.82) is 0 Å². The second-order valence-corrected chi connectivity index (χ2v) is 3.53. The van der Waals surface area contributed by atoms with E-state index in [-0.39, 0.29) is 5.82 Å². The Morgan fingerprint density at radius 1 is 1.36 bits per heavy atom. The normalized spacial score (nSPS) is 10.2. The lowest BCUT2D eigenvalue weighted by atomic mass is 10.2. The van der Waals surface area contributed by atoms with Crippen molar-refractivity contribution in [2.24, 2.45) is 0 Å². The molecule has 0 atom stereocenters. The molecule has 0 unspecified atom stereocenters. The highest BCUT2D eigenvalue weighted by molar-refractivity contribution is 6.17. The Balaban J connectivity index is 2.39. The number of unbranched alkanes of at least 4 members (excludes halogenated alkanes) is 1. The standard InChI is InChI=1S/C11H14ClFO/c1-9-8-10(4-5-11(9)13)14-7-3-2-6-12/h4-5,8H,2-3,6-7H2,1H3. The fourth-order valence-electron chi connectivity index (χ4n) is 1.09. The Morgan fingerprint density at radius 2 is 2.14 bits per heavy atom. The number of ether oxygens (including phenoxy) is 1.